The number of hydroxylamine groups is 1. The molecule has 0 saturated heterocycles. The van der Waals surface area contributed by atoms with Gasteiger partial charge in [-0.1, -0.05) is 0 Å². The zero-order valence-electron chi connectivity index (χ0n) is 8.20. The van der Waals surface area contributed by atoms with E-state index in [2.05, 4.69) is 0 Å². The SMILES string of the molecule is CC1C([N+](=O)[O-])CC(NO)CC1[N+](=O)[O-]. The Balaban J connectivity index is 2.82. The Hall–Kier alpha value is -1.28. The Labute approximate surface area is 85.5 Å². The summed E-state index contributed by atoms with van der Waals surface area (Å²) in [5.74, 6) is -0.611. The van der Waals surface area contributed by atoms with Gasteiger partial charge in [0.2, 0.25) is 12.1 Å². The molecule has 1 aliphatic carbocycles. The van der Waals surface area contributed by atoms with Gasteiger partial charge in [-0.2, -0.15) is 0 Å². The second-order valence-corrected chi connectivity index (χ2v) is 3.86. The molecule has 0 amide bonds. The second-order valence-electron chi connectivity index (χ2n) is 3.86. The molecule has 2 unspecified atom stereocenters. The maximum atomic E-state index is 10.7. The van der Waals surface area contributed by atoms with Crippen LogP contribution < -0.4 is 5.48 Å². The summed E-state index contributed by atoms with van der Waals surface area (Å²) in [6, 6.07) is -2.52. The van der Waals surface area contributed by atoms with E-state index in [0.717, 1.165) is 0 Å². The van der Waals surface area contributed by atoms with Crippen LogP contribution in [0.3, 0.4) is 0 Å². The fourth-order valence-electron chi connectivity index (χ4n) is 2.03. The molecule has 8 heteroatoms. The van der Waals surface area contributed by atoms with Crippen LogP contribution in [0.1, 0.15) is 19.8 Å². The molecule has 86 valence electrons. The molecule has 0 bridgehead atoms. The quantitative estimate of drug-likeness (QED) is 0.511. The molecule has 0 aromatic rings. The third-order valence-corrected chi connectivity index (χ3v) is 2.99. The van der Waals surface area contributed by atoms with E-state index in [0.29, 0.717) is 0 Å². The molecule has 0 spiro atoms. The summed E-state index contributed by atoms with van der Waals surface area (Å²) in [5, 5.41) is 30.0. The molecule has 1 rings (SSSR count). The lowest BCUT2D eigenvalue weighted by atomic mass is 9.80. The molecule has 0 radical (unpaired) electrons. The molecule has 1 aliphatic rings. The topological polar surface area (TPSA) is 119 Å². The first kappa shape index (κ1) is 11.8. The van der Waals surface area contributed by atoms with Crippen LogP contribution in [-0.4, -0.2) is 33.2 Å². The number of hydrogen-bond donors (Lipinski definition) is 2. The van der Waals surface area contributed by atoms with Gasteiger partial charge in [0.1, 0.15) is 0 Å². The maximum absolute atomic E-state index is 10.7. The van der Waals surface area contributed by atoms with Gasteiger partial charge < -0.3 is 5.21 Å². The van der Waals surface area contributed by atoms with Crippen molar-refractivity contribution in [3.05, 3.63) is 20.2 Å². The van der Waals surface area contributed by atoms with Crippen LogP contribution in [0.25, 0.3) is 0 Å². The third kappa shape index (κ3) is 2.39. The zero-order chi connectivity index (χ0) is 11.6. The number of nitrogens with zero attached hydrogens (tertiary/aromatic N) is 2. The van der Waals surface area contributed by atoms with Crippen LogP contribution in [0.2, 0.25) is 0 Å². The lowest BCUT2D eigenvalue weighted by molar-refractivity contribution is -0.583. The highest BCUT2D eigenvalue weighted by atomic mass is 16.6. The van der Waals surface area contributed by atoms with Crippen LogP contribution in [-0.2, 0) is 0 Å². The van der Waals surface area contributed by atoms with E-state index in [9.17, 15) is 20.2 Å². The largest absolute Gasteiger partial charge is 0.317 e. The predicted octanol–water partition coefficient (Wildman–Crippen LogP) is 0.0543. The maximum Gasteiger partial charge on any atom is 0.223 e. The molecule has 8 nitrogen and oxygen atoms in total. The van der Waals surface area contributed by atoms with Crippen molar-refractivity contribution < 1.29 is 15.1 Å². The summed E-state index contributed by atoms with van der Waals surface area (Å²) >= 11 is 0. The van der Waals surface area contributed by atoms with Gasteiger partial charge in [-0.3, -0.25) is 20.2 Å². The average molecular weight is 219 g/mol. The van der Waals surface area contributed by atoms with Crippen molar-refractivity contribution in [3.8, 4) is 0 Å². The first-order chi connectivity index (χ1) is 6.97. The van der Waals surface area contributed by atoms with Gasteiger partial charge in [-0.05, 0) is 6.92 Å². The minimum atomic E-state index is -0.973. The van der Waals surface area contributed by atoms with Crippen LogP contribution in [0.15, 0.2) is 0 Å². The normalized spacial score (nSPS) is 36.1. The summed E-state index contributed by atoms with van der Waals surface area (Å²) in [6.07, 6.45) is 0.240. The molecule has 2 atom stereocenters. The van der Waals surface area contributed by atoms with Crippen LogP contribution >= 0.6 is 0 Å². The van der Waals surface area contributed by atoms with Crippen molar-refractivity contribution in [2.75, 3.05) is 0 Å². The third-order valence-electron chi connectivity index (χ3n) is 2.99. The van der Waals surface area contributed by atoms with Crippen LogP contribution in [0.4, 0.5) is 0 Å². The van der Waals surface area contributed by atoms with Crippen molar-refractivity contribution in [2.45, 2.75) is 37.9 Å². The number of nitro groups is 2. The highest BCUT2D eigenvalue weighted by Gasteiger charge is 2.47. The number of nitrogens with one attached hydrogen (secondary N) is 1. The fourth-order valence-corrected chi connectivity index (χ4v) is 2.03. The average Bonchev–Trinajstić information content (AvgIpc) is 2.17. The van der Waals surface area contributed by atoms with E-state index in [1.807, 2.05) is 5.48 Å². The van der Waals surface area contributed by atoms with E-state index in [4.69, 9.17) is 5.21 Å². The highest BCUT2D eigenvalue weighted by molar-refractivity contribution is 4.86. The van der Waals surface area contributed by atoms with Gasteiger partial charge in [0, 0.05) is 28.7 Å². The van der Waals surface area contributed by atoms with Crippen molar-refractivity contribution in [1.29, 1.82) is 0 Å². The highest BCUT2D eigenvalue weighted by Crippen LogP contribution is 2.28. The van der Waals surface area contributed by atoms with Gasteiger partial charge >= 0.3 is 0 Å². The Morgan fingerprint density at radius 1 is 1.20 bits per heavy atom. The summed E-state index contributed by atoms with van der Waals surface area (Å²) in [5.41, 5.74) is 1.89. The summed E-state index contributed by atoms with van der Waals surface area (Å²) in [6.45, 7) is 1.51. The van der Waals surface area contributed by atoms with Crippen molar-refractivity contribution >= 4 is 0 Å². The second kappa shape index (κ2) is 4.49. The fraction of sp³-hybridized carbons (Fsp3) is 1.00. The first-order valence-corrected chi connectivity index (χ1v) is 4.64. The predicted molar refractivity (Wildman–Crippen MR) is 48.7 cm³/mol. The molecule has 2 N–H and O–H groups in total. The molecule has 1 saturated carbocycles. The Bertz CT molecular complexity index is 247. The van der Waals surface area contributed by atoms with Crippen molar-refractivity contribution in [2.24, 2.45) is 5.92 Å². The number of rotatable bonds is 3. The monoisotopic (exact) mass is 219 g/mol. The van der Waals surface area contributed by atoms with Gasteiger partial charge in [-0.25, -0.2) is 5.48 Å². The Morgan fingerprint density at radius 2 is 1.60 bits per heavy atom. The molecule has 1 fully saturated rings. The molecule has 0 aliphatic heterocycles. The standard InChI is InChI=1S/C7H13N3O5/c1-4-6(9(12)13)2-5(8-11)3-7(4)10(14)15/h4-8,11H,2-3H2,1H3. The minimum absolute atomic E-state index is 0.120. The van der Waals surface area contributed by atoms with E-state index in [1.165, 1.54) is 6.92 Å². The lowest BCUT2D eigenvalue weighted by Gasteiger charge is -2.30. The summed E-state index contributed by atoms with van der Waals surface area (Å²) < 4.78 is 0. The van der Waals surface area contributed by atoms with Gasteiger partial charge in [-0.15, -0.1) is 0 Å². The zero-order valence-corrected chi connectivity index (χ0v) is 8.20. The van der Waals surface area contributed by atoms with E-state index < -0.39 is 33.9 Å². The molecular formula is C7H13N3O5. The van der Waals surface area contributed by atoms with Gasteiger partial charge in [0.05, 0.1) is 5.92 Å². The molecule has 0 aromatic heterocycles. The van der Waals surface area contributed by atoms with Crippen LogP contribution in [0.5, 0.6) is 0 Å². The molecule has 15 heavy (non-hydrogen) atoms. The molecular weight excluding hydrogens is 206 g/mol. The van der Waals surface area contributed by atoms with Gasteiger partial charge in [0.15, 0.2) is 0 Å². The van der Waals surface area contributed by atoms with E-state index in [1.54, 1.807) is 0 Å². The van der Waals surface area contributed by atoms with E-state index >= 15 is 0 Å². The number of hydrogen-bond acceptors (Lipinski definition) is 6. The molecule has 0 heterocycles. The summed E-state index contributed by atoms with van der Waals surface area (Å²) in [4.78, 5) is 20.3. The van der Waals surface area contributed by atoms with E-state index in [-0.39, 0.29) is 12.8 Å². The van der Waals surface area contributed by atoms with Crippen LogP contribution in [0, 0.1) is 26.1 Å². The van der Waals surface area contributed by atoms with Crippen molar-refractivity contribution in [3.63, 3.8) is 0 Å². The lowest BCUT2D eigenvalue weighted by Crippen LogP contribution is -2.51. The minimum Gasteiger partial charge on any atom is -0.317 e. The first-order valence-electron chi connectivity index (χ1n) is 4.64. The summed E-state index contributed by atoms with van der Waals surface area (Å²) in [7, 11) is 0. The Morgan fingerprint density at radius 3 is 1.87 bits per heavy atom. The smallest absolute Gasteiger partial charge is 0.223 e. The Kier molecular flexibility index (Phi) is 3.53. The van der Waals surface area contributed by atoms with Crippen molar-refractivity contribution in [1.82, 2.24) is 5.48 Å². The molecule has 0 aromatic carbocycles. The van der Waals surface area contributed by atoms with Gasteiger partial charge in [0.25, 0.3) is 0 Å².